The van der Waals surface area contributed by atoms with E-state index in [4.69, 9.17) is 4.74 Å². The van der Waals surface area contributed by atoms with E-state index >= 15 is 0 Å². The van der Waals surface area contributed by atoms with Crippen LogP contribution in [-0.4, -0.2) is 37.2 Å². The van der Waals surface area contributed by atoms with E-state index in [-0.39, 0.29) is 12.5 Å². The molecule has 1 saturated heterocycles. The number of rotatable bonds is 6. The highest BCUT2D eigenvalue weighted by Gasteiger charge is 2.21. The number of amides is 2. The molecule has 0 aromatic heterocycles. The molecule has 2 aromatic carbocycles. The predicted octanol–water partition coefficient (Wildman–Crippen LogP) is 3.33. The average molecular weight is 384 g/mol. The molecule has 140 valence electrons. The molecule has 2 aromatic rings. The lowest BCUT2D eigenvalue weighted by atomic mass is 10.2. The standard InChI is InChI=1S/C20H20N2O4S/c1-27-17-10-4-14(5-11-17)20(25)26-13-18(23)21-15-6-8-16(9-7-15)22-12-2-3-19(22)24/h4-11H,2-3,12-13H2,1H3,(H,21,23). The molecule has 0 spiro atoms. The third kappa shape index (κ3) is 4.89. The summed E-state index contributed by atoms with van der Waals surface area (Å²) in [6, 6.07) is 14.0. The van der Waals surface area contributed by atoms with Gasteiger partial charge in [0.1, 0.15) is 0 Å². The fraction of sp³-hybridized carbons (Fsp3) is 0.250. The maximum Gasteiger partial charge on any atom is 0.338 e. The van der Waals surface area contributed by atoms with Crippen LogP contribution in [-0.2, 0) is 14.3 Å². The van der Waals surface area contributed by atoms with Crippen LogP contribution in [0.1, 0.15) is 23.2 Å². The van der Waals surface area contributed by atoms with Crippen molar-refractivity contribution in [1.29, 1.82) is 0 Å². The zero-order valence-corrected chi connectivity index (χ0v) is 15.8. The van der Waals surface area contributed by atoms with Crippen molar-refractivity contribution in [2.45, 2.75) is 17.7 Å². The van der Waals surface area contributed by atoms with E-state index in [9.17, 15) is 14.4 Å². The monoisotopic (exact) mass is 384 g/mol. The fourth-order valence-corrected chi connectivity index (χ4v) is 3.19. The van der Waals surface area contributed by atoms with Crippen LogP contribution >= 0.6 is 11.8 Å². The van der Waals surface area contributed by atoms with Gasteiger partial charge >= 0.3 is 5.97 Å². The summed E-state index contributed by atoms with van der Waals surface area (Å²) < 4.78 is 5.04. The number of hydrogen-bond donors (Lipinski definition) is 1. The normalized spacial score (nSPS) is 13.5. The van der Waals surface area contributed by atoms with Crippen LogP contribution in [0.25, 0.3) is 0 Å². The van der Waals surface area contributed by atoms with Crippen LogP contribution in [0.5, 0.6) is 0 Å². The molecule has 1 heterocycles. The summed E-state index contributed by atoms with van der Waals surface area (Å²) in [6.45, 7) is 0.355. The van der Waals surface area contributed by atoms with E-state index in [2.05, 4.69) is 5.32 Å². The Morgan fingerprint density at radius 3 is 2.41 bits per heavy atom. The second kappa shape index (κ2) is 8.73. The Kier molecular flexibility index (Phi) is 6.13. The molecule has 2 amide bonds. The topological polar surface area (TPSA) is 75.7 Å². The Balaban J connectivity index is 1.50. The number of ether oxygens (including phenoxy) is 1. The molecular formula is C20H20N2O4S. The van der Waals surface area contributed by atoms with E-state index in [0.717, 1.165) is 23.5 Å². The van der Waals surface area contributed by atoms with Crippen LogP contribution in [0, 0.1) is 0 Å². The van der Waals surface area contributed by atoms with Crippen molar-refractivity contribution in [3.05, 3.63) is 54.1 Å². The predicted molar refractivity (Wildman–Crippen MR) is 105 cm³/mol. The van der Waals surface area contributed by atoms with Gasteiger partial charge in [0.2, 0.25) is 5.91 Å². The van der Waals surface area contributed by atoms with Gasteiger partial charge in [-0.15, -0.1) is 11.8 Å². The molecular weight excluding hydrogens is 364 g/mol. The summed E-state index contributed by atoms with van der Waals surface area (Å²) in [5.74, 6) is -0.848. The second-order valence-corrected chi connectivity index (χ2v) is 6.93. The zero-order chi connectivity index (χ0) is 19.2. The van der Waals surface area contributed by atoms with E-state index in [1.54, 1.807) is 53.1 Å². The van der Waals surface area contributed by atoms with Gasteiger partial charge in [-0.2, -0.15) is 0 Å². The van der Waals surface area contributed by atoms with Gasteiger partial charge in [-0.25, -0.2) is 4.79 Å². The van der Waals surface area contributed by atoms with Crippen molar-refractivity contribution in [3.63, 3.8) is 0 Å². The van der Waals surface area contributed by atoms with E-state index in [1.165, 1.54) is 0 Å². The van der Waals surface area contributed by atoms with Gasteiger partial charge in [-0.05, 0) is 61.2 Å². The third-order valence-electron chi connectivity index (χ3n) is 4.20. The second-order valence-electron chi connectivity index (χ2n) is 6.05. The fourth-order valence-electron chi connectivity index (χ4n) is 2.78. The van der Waals surface area contributed by atoms with Crippen molar-refractivity contribution in [3.8, 4) is 0 Å². The number of nitrogens with zero attached hydrogens (tertiary/aromatic N) is 1. The first-order valence-corrected chi connectivity index (χ1v) is 9.81. The van der Waals surface area contributed by atoms with Crippen molar-refractivity contribution >= 4 is 40.9 Å². The van der Waals surface area contributed by atoms with Crippen molar-refractivity contribution in [1.82, 2.24) is 0 Å². The van der Waals surface area contributed by atoms with Crippen LogP contribution < -0.4 is 10.2 Å². The Labute approximate surface area is 161 Å². The number of carbonyl (C=O) groups excluding carboxylic acids is 3. The first-order chi connectivity index (χ1) is 13.1. The number of esters is 1. The number of anilines is 2. The molecule has 0 radical (unpaired) electrons. The maximum atomic E-state index is 12.0. The Bertz CT molecular complexity index is 834. The lowest BCUT2D eigenvalue weighted by molar-refractivity contribution is -0.119. The van der Waals surface area contributed by atoms with E-state index < -0.39 is 11.9 Å². The number of thioether (sulfide) groups is 1. The Hall–Kier alpha value is -2.80. The Morgan fingerprint density at radius 2 is 1.81 bits per heavy atom. The van der Waals surface area contributed by atoms with Gasteiger partial charge < -0.3 is 15.0 Å². The van der Waals surface area contributed by atoms with Crippen LogP contribution in [0.3, 0.4) is 0 Å². The molecule has 3 rings (SSSR count). The highest BCUT2D eigenvalue weighted by molar-refractivity contribution is 7.98. The first-order valence-electron chi connectivity index (χ1n) is 8.58. The van der Waals surface area contributed by atoms with Crippen molar-refractivity contribution in [2.24, 2.45) is 0 Å². The van der Waals surface area contributed by atoms with Crippen LogP contribution in [0.4, 0.5) is 11.4 Å². The molecule has 0 saturated carbocycles. The minimum atomic E-state index is -0.541. The van der Waals surface area contributed by atoms with Crippen LogP contribution in [0.2, 0.25) is 0 Å². The van der Waals surface area contributed by atoms with Crippen molar-refractivity contribution < 1.29 is 19.1 Å². The van der Waals surface area contributed by atoms with Crippen molar-refractivity contribution in [2.75, 3.05) is 29.6 Å². The SMILES string of the molecule is CSc1ccc(C(=O)OCC(=O)Nc2ccc(N3CCCC3=O)cc2)cc1. The smallest absolute Gasteiger partial charge is 0.338 e. The third-order valence-corrected chi connectivity index (χ3v) is 4.94. The van der Waals surface area contributed by atoms with E-state index in [1.807, 2.05) is 18.4 Å². The number of hydrogen-bond acceptors (Lipinski definition) is 5. The van der Waals surface area contributed by atoms with Crippen LogP contribution in [0.15, 0.2) is 53.4 Å². The summed E-state index contributed by atoms with van der Waals surface area (Å²) >= 11 is 1.58. The molecule has 1 fully saturated rings. The number of benzene rings is 2. The number of carbonyl (C=O) groups is 3. The minimum Gasteiger partial charge on any atom is -0.452 e. The molecule has 0 atom stereocenters. The van der Waals surface area contributed by atoms with Gasteiger partial charge in [-0.1, -0.05) is 0 Å². The summed E-state index contributed by atoms with van der Waals surface area (Å²) in [7, 11) is 0. The van der Waals surface area contributed by atoms with Gasteiger partial charge in [0.15, 0.2) is 6.61 Å². The highest BCUT2D eigenvalue weighted by Crippen LogP contribution is 2.23. The van der Waals surface area contributed by atoms with Gasteiger partial charge in [0, 0.05) is 29.2 Å². The summed E-state index contributed by atoms with van der Waals surface area (Å²) in [5, 5.41) is 2.67. The molecule has 1 aliphatic heterocycles. The molecule has 7 heteroatoms. The van der Waals surface area contributed by atoms with Gasteiger partial charge in [-0.3, -0.25) is 9.59 Å². The summed E-state index contributed by atoms with van der Waals surface area (Å²) in [4.78, 5) is 38.5. The molecule has 0 unspecified atom stereocenters. The molecule has 0 aliphatic carbocycles. The molecule has 0 bridgehead atoms. The maximum absolute atomic E-state index is 12.0. The van der Waals surface area contributed by atoms with E-state index in [0.29, 0.717) is 17.7 Å². The highest BCUT2D eigenvalue weighted by atomic mass is 32.2. The average Bonchev–Trinajstić information content (AvgIpc) is 3.12. The van der Waals surface area contributed by atoms with Gasteiger partial charge in [0.25, 0.3) is 5.91 Å². The lowest BCUT2D eigenvalue weighted by Gasteiger charge is -2.16. The summed E-state index contributed by atoms with van der Waals surface area (Å²) in [5.41, 5.74) is 1.80. The minimum absolute atomic E-state index is 0.115. The first kappa shape index (κ1) is 19.0. The quantitative estimate of drug-likeness (QED) is 0.611. The zero-order valence-electron chi connectivity index (χ0n) is 14.9. The Morgan fingerprint density at radius 1 is 1.11 bits per heavy atom. The molecule has 27 heavy (non-hydrogen) atoms. The molecule has 1 aliphatic rings. The molecule has 6 nitrogen and oxygen atoms in total. The summed E-state index contributed by atoms with van der Waals surface area (Å²) in [6.07, 6.45) is 3.39. The van der Waals surface area contributed by atoms with Gasteiger partial charge in [0.05, 0.1) is 5.56 Å². The largest absolute Gasteiger partial charge is 0.452 e. The number of nitrogens with one attached hydrogen (secondary N) is 1. The lowest BCUT2D eigenvalue weighted by Crippen LogP contribution is -2.23. The molecule has 1 N–H and O–H groups in total.